The smallest absolute Gasteiger partial charge is 0.101 e. The van der Waals surface area contributed by atoms with Crippen molar-refractivity contribution in [2.75, 3.05) is 19.6 Å². The topological polar surface area (TPSA) is 108 Å². The van der Waals surface area contributed by atoms with Gasteiger partial charge in [-0.15, -0.1) is 0 Å². The highest BCUT2D eigenvalue weighted by Gasteiger charge is 2.27. The van der Waals surface area contributed by atoms with Crippen molar-refractivity contribution in [2.24, 2.45) is 0 Å². The molecule has 0 unspecified atom stereocenters. The number of nitrogens with zero attached hydrogens (tertiary/aromatic N) is 8. The van der Waals surface area contributed by atoms with Crippen molar-refractivity contribution in [1.82, 2.24) is 0 Å². The first-order valence-corrected chi connectivity index (χ1v) is 21.2. The average molecular weight is 847 g/mol. The van der Waals surface area contributed by atoms with E-state index in [1.807, 2.05) is 238 Å². The molecule has 0 bridgehead atoms. The minimum absolute atomic E-state index is 0.302. The molecule has 0 N–H and O–H groups in total. The highest BCUT2D eigenvalue weighted by atomic mass is 15.2. The van der Waals surface area contributed by atoms with E-state index < -0.39 is 0 Å². The molecular weight excluding hydrogens is 809 g/mol. The lowest BCUT2D eigenvalue weighted by Gasteiger charge is -2.32. The third kappa shape index (κ3) is 8.25. The van der Waals surface area contributed by atoms with Gasteiger partial charge >= 0.3 is 0 Å². The molecule has 9 aromatic rings. The van der Waals surface area contributed by atoms with Crippen LogP contribution >= 0.6 is 0 Å². The maximum atomic E-state index is 10.9. The number of anilines is 12. The fourth-order valence-corrected chi connectivity index (χ4v) is 8.20. The van der Waals surface area contributed by atoms with Crippen molar-refractivity contribution >= 4 is 68.2 Å². The summed E-state index contributed by atoms with van der Waals surface area (Å²) in [6, 6.07) is 83.6. The van der Waals surface area contributed by atoms with Crippen LogP contribution in [0.4, 0.5) is 68.2 Å². The molecule has 0 saturated heterocycles. The zero-order chi connectivity index (χ0) is 45.2. The molecule has 9 aromatic carbocycles. The van der Waals surface area contributed by atoms with Crippen LogP contribution in [-0.4, -0.2) is 0 Å². The Balaban J connectivity index is 1.27. The van der Waals surface area contributed by atoms with Crippen LogP contribution in [0.5, 0.6) is 0 Å². The highest BCUT2D eigenvalue weighted by molar-refractivity contribution is 5.92. The molecule has 0 amide bonds. The van der Waals surface area contributed by atoms with Gasteiger partial charge in [-0.2, -0.15) is 21.0 Å². The largest absolute Gasteiger partial charge is 0.309 e. The fourth-order valence-electron chi connectivity index (χ4n) is 8.20. The van der Waals surface area contributed by atoms with Crippen molar-refractivity contribution in [3.8, 4) is 24.3 Å². The Morgan fingerprint density at radius 2 is 0.409 bits per heavy atom. The normalized spacial score (nSPS) is 10.4. The fraction of sp³-hybridized carbons (Fsp3) is 0. The summed E-state index contributed by atoms with van der Waals surface area (Å²) in [6.07, 6.45) is 0. The van der Waals surface area contributed by atoms with E-state index in [-0.39, 0.29) is 0 Å². The van der Waals surface area contributed by atoms with E-state index in [1.54, 1.807) is 12.1 Å². The monoisotopic (exact) mass is 846 g/mol. The van der Waals surface area contributed by atoms with Crippen molar-refractivity contribution < 1.29 is 0 Å². The first-order valence-electron chi connectivity index (χ1n) is 21.2. The maximum Gasteiger partial charge on any atom is 0.101 e. The van der Waals surface area contributed by atoms with Crippen molar-refractivity contribution in [1.29, 1.82) is 21.0 Å². The molecule has 0 aliphatic rings. The van der Waals surface area contributed by atoms with Crippen LogP contribution in [0.15, 0.2) is 231 Å². The number of hydrogen-bond donors (Lipinski definition) is 0. The van der Waals surface area contributed by atoms with E-state index in [0.29, 0.717) is 56.4 Å². The van der Waals surface area contributed by atoms with E-state index in [2.05, 4.69) is 24.3 Å². The van der Waals surface area contributed by atoms with Crippen LogP contribution in [0.3, 0.4) is 0 Å². The van der Waals surface area contributed by atoms with Gasteiger partial charge in [0.05, 0.1) is 45.0 Å². The molecule has 66 heavy (non-hydrogen) atoms. The molecule has 8 nitrogen and oxygen atoms in total. The predicted octanol–water partition coefficient (Wildman–Crippen LogP) is 15.1. The quantitative estimate of drug-likeness (QED) is 0.120. The van der Waals surface area contributed by atoms with Gasteiger partial charge in [-0.25, -0.2) is 0 Å². The summed E-state index contributed by atoms with van der Waals surface area (Å²) in [5.74, 6) is 0. The Labute approximate surface area is 384 Å². The van der Waals surface area contributed by atoms with Crippen LogP contribution in [0.1, 0.15) is 22.3 Å². The number of hydrogen-bond acceptors (Lipinski definition) is 8. The van der Waals surface area contributed by atoms with Gasteiger partial charge in [0.25, 0.3) is 0 Å². The Bertz CT molecular complexity index is 3000. The minimum atomic E-state index is 0.302. The number of nitriles is 4. The first kappa shape index (κ1) is 41.5. The second-order valence-corrected chi connectivity index (χ2v) is 15.1. The number of benzene rings is 9. The van der Waals surface area contributed by atoms with Gasteiger partial charge < -0.3 is 19.6 Å². The van der Waals surface area contributed by atoms with Gasteiger partial charge in [0.1, 0.15) is 24.3 Å². The summed E-state index contributed by atoms with van der Waals surface area (Å²) in [5.41, 5.74) is 9.91. The molecule has 0 atom stereocenters. The van der Waals surface area contributed by atoms with E-state index in [4.69, 9.17) is 0 Å². The number of para-hydroxylation sites is 6. The third-order valence-corrected chi connectivity index (χ3v) is 11.1. The summed E-state index contributed by atoms with van der Waals surface area (Å²) in [6.45, 7) is 0. The molecule has 0 aliphatic heterocycles. The summed E-state index contributed by atoms with van der Waals surface area (Å²) >= 11 is 0. The molecule has 0 heterocycles. The van der Waals surface area contributed by atoms with Crippen LogP contribution in [0, 0.1) is 45.3 Å². The molecule has 310 valence electrons. The average Bonchev–Trinajstić information content (AvgIpc) is 3.39. The van der Waals surface area contributed by atoms with Gasteiger partial charge in [-0.1, -0.05) is 115 Å². The highest BCUT2D eigenvalue weighted by Crippen LogP contribution is 2.47. The lowest BCUT2D eigenvalue weighted by atomic mass is 10.0. The maximum absolute atomic E-state index is 10.9. The van der Waals surface area contributed by atoms with Gasteiger partial charge in [0, 0.05) is 45.5 Å². The molecule has 0 fully saturated rings. The summed E-state index contributed by atoms with van der Waals surface area (Å²) in [5, 5.41) is 43.0. The Morgan fingerprint density at radius 3 is 0.621 bits per heavy atom. The second-order valence-electron chi connectivity index (χ2n) is 15.1. The van der Waals surface area contributed by atoms with Gasteiger partial charge in [0.2, 0.25) is 0 Å². The third-order valence-electron chi connectivity index (χ3n) is 11.1. The van der Waals surface area contributed by atoms with E-state index >= 15 is 0 Å². The Hall–Kier alpha value is -9.86. The van der Waals surface area contributed by atoms with Gasteiger partial charge in [-0.05, 0) is 115 Å². The lowest BCUT2D eigenvalue weighted by molar-refractivity contribution is 1.21. The van der Waals surface area contributed by atoms with Crippen LogP contribution in [0.25, 0.3) is 0 Å². The lowest BCUT2D eigenvalue weighted by Crippen LogP contribution is -2.17. The van der Waals surface area contributed by atoms with Gasteiger partial charge in [-0.3, -0.25) is 0 Å². The summed E-state index contributed by atoms with van der Waals surface area (Å²) < 4.78 is 0. The van der Waals surface area contributed by atoms with Crippen LogP contribution in [-0.2, 0) is 0 Å². The van der Waals surface area contributed by atoms with E-state index in [1.165, 1.54) is 0 Å². The van der Waals surface area contributed by atoms with Crippen molar-refractivity contribution in [3.05, 3.63) is 253 Å². The second kappa shape index (κ2) is 19.0. The molecule has 8 heteroatoms. The Kier molecular flexibility index (Phi) is 12.0. The van der Waals surface area contributed by atoms with E-state index in [9.17, 15) is 21.0 Å². The molecule has 0 radical (unpaired) electrons. The van der Waals surface area contributed by atoms with Crippen LogP contribution < -0.4 is 19.6 Å². The predicted molar refractivity (Wildman–Crippen MR) is 264 cm³/mol. The minimum Gasteiger partial charge on any atom is -0.309 e. The van der Waals surface area contributed by atoms with Crippen molar-refractivity contribution in [3.63, 3.8) is 0 Å². The van der Waals surface area contributed by atoms with Crippen molar-refractivity contribution in [2.45, 2.75) is 0 Å². The molecule has 0 aromatic heterocycles. The zero-order valence-corrected chi connectivity index (χ0v) is 35.5. The SMILES string of the molecule is N#Cc1cc(C#N)c(N(c2ccccc2)c2cccc(N(c3ccccc3)c3cc(N(c4ccccc4)c4ccccc4)c(C#N)cc3C#N)c2)cc1N(c1ccccc1)c1ccccc1. The number of rotatable bonds is 12. The molecular formula is C58H38N8. The molecule has 0 spiro atoms. The van der Waals surface area contributed by atoms with E-state index in [0.717, 1.165) is 34.1 Å². The van der Waals surface area contributed by atoms with Crippen LogP contribution in [0.2, 0.25) is 0 Å². The molecule has 0 aliphatic carbocycles. The Morgan fingerprint density at radius 1 is 0.212 bits per heavy atom. The first-order chi connectivity index (χ1) is 32.6. The summed E-state index contributed by atoms with van der Waals surface area (Å²) in [4.78, 5) is 8.10. The molecule has 0 saturated carbocycles. The van der Waals surface area contributed by atoms with Gasteiger partial charge in [0.15, 0.2) is 0 Å². The molecule has 9 rings (SSSR count). The standard InChI is InChI=1S/C58H38N8/c59-39-43-34-45(41-61)57(37-55(43)63(47-20-7-1-8-21-47)48-22-9-2-10-23-48)65(51-28-15-5-16-29-51)53-32-19-33-54(36-53)66(52-30-17-6-18-31-52)58-38-56(44(40-60)35-46(58)42-62)64(49-24-11-3-12-25-49)50-26-13-4-14-27-50/h1-38H. The summed E-state index contributed by atoms with van der Waals surface area (Å²) in [7, 11) is 0. The zero-order valence-electron chi connectivity index (χ0n) is 35.5.